The Morgan fingerprint density at radius 1 is 0.960 bits per heavy atom. The summed E-state index contributed by atoms with van der Waals surface area (Å²) in [5, 5.41) is 10.4. The standard InChI is InChI=1S/C18H20Cl2N2O3/c19-15-6-5-12(11-16(15)20)21-7-9-22(10-8-21)17(23)13-3-1-2-4-14(13)18(24)25/h1-2,5-6,11,13-14H,3-4,7-10H2,(H,24,25)/t13-,14+/m1/s1. The van der Waals surface area contributed by atoms with E-state index in [4.69, 9.17) is 23.2 Å². The van der Waals surface area contributed by atoms with E-state index in [0.29, 0.717) is 49.1 Å². The average molecular weight is 383 g/mol. The van der Waals surface area contributed by atoms with Crippen molar-refractivity contribution in [3.63, 3.8) is 0 Å². The zero-order valence-corrected chi connectivity index (χ0v) is 15.2. The fourth-order valence-electron chi connectivity index (χ4n) is 3.46. The minimum absolute atomic E-state index is 0.0504. The topological polar surface area (TPSA) is 60.9 Å². The quantitative estimate of drug-likeness (QED) is 0.814. The van der Waals surface area contributed by atoms with Crippen molar-refractivity contribution < 1.29 is 14.7 Å². The summed E-state index contributed by atoms with van der Waals surface area (Å²) in [7, 11) is 0. The summed E-state index contributed by atoms with van der Waals surface area (Å²) < 4.78 is 0. The number of hydrogen-bond donors (Lipinski definition) is 1. The molecule has 0 spiro atoms. The molecule has 25 heavy (non-hydrogen) atoms. The van der Waals surface area contributed by atoms with Gasteiger partial charge in [0.1, 0.15) is 0 Å². The first-order valence-electron chi connectivity index (χ1n) is 8.34. The second kappa shape index (κ2) is 7.67. The van der Waals surface area contributed by atoms with Crippen molar-refractivity contribution in [1.82, 2.24) is 4.90 Å². The molecular formula is C18H20Cl2N2O3. The largest absolute Gasteiger partial charge is 0.481 e. The predicted octanol–water partition coefficient (Wildman–Crippen LogP) is 3.31. The van der Waals surface area contributed by atoms with Crippen LogP contribution in [-0.2, 0) is 9.59 Å². The van der Waals surface area contributed by atoms with Crippen LogP contribution in [0.1, 0.15) is 12.8 Å². The molecule has 2 atom stereocenters. The average Bonchev–Trinajstić information content (AvgIpc) is 2.63. The van der Waals surface area contributed by atoms with Crippen molar-refractivity contribution in [2.75, 3.05) is 31.1 Å². The molecule has 0 radical (unpaired) electrons. The van der Waals surface area contributed by atoms with Gasteiger partial charge >= 0.3 is 5.97 Å². The van der Waals surface area contributed by atoms with E-state index in [-0.39, 0.29) is 5.91 Å². The van der Waals surface area contributed by atoms with E-state index in [9.17, 15) is 14.7 Å². The third kappa shape index (κ3) is 3.93. The molecule has 1 fully saturated rings. The Labute approximate surface area is 156 Å². The number of carbonyl (C=O) groups excluding carboxylic acids is 1. The molecule has 3 rings (SSSR count). The number of benzene rings is 1. The number of halogens is 2. The smallest absolute Gasteiger partial charge is 0.307 e. The van der Waals surface area contributed by atoms with Crippen molar-refractivity contribution in [2.45, 2.75) is 12.8 Å². The first-order valence-corrected chi connectivity index (χ1v) is 9.09. The molecular weight excluding hydrogens is 363 g/mol. The summed E-state index contributed by atoms with van der Waals surface area (Å²) in [5.41, 5.74) is 0.977. The van der Waals surface area contributed by atoms with Gasteiger partial charge in [-0.1, -0.05) is 35.4 Å². The summed E-state index contributed by atoms with van der Waals surface area (Å²) in [6.45, 7) is 2.52. The Kier molecular flexibility index (Phi) is 5.54. The molecule has 0 aromatic heterocycles. The molecule has 1 amide bonds. The van der Waals surface area contributed by atoms with Gasteiger partial charge in [-0.05, 0) is 31.0 Å². The lowest BCUT2D eigenvalue weighted by Crippen LogP contribution is -2.52. The molecule has 0 bridgehead atoms. The highest BCUT2D eigenvalue weighted by molar-refractivity contribution is 6.42. The Balaban J connectivity index is 1.63. The molecule has 1 heterocycles. The van der Waals surface area contributed by atoms with Crippen molar-refractivity contribution in [3.8, 4) is 0 Å². The fraction of sp³-hybridized carbons (Fsp3) is 0.444. The van der Waals surface area contributed by atoms with Gasteiger partial charge in [0.15, 0.2) is 0 Å². The van der Waals surface area contributed by atoms with E-state index < -0.39 is 17.8 Å². The number of aliphatic carboxylic acids is 1. The minimum Gasteiger partial charge on any atom is -0.481 e. The normalized spacial score (nSPS) is 23.6. The summed E-state index contributed by atoms with van der Waals surface area (Å²) in [5.74, 6) is -2.02. The highest BCUT2D eigenvalue weighted by atomic mass is 35.5. The monoisotopic (exact) mass is 382 g/mol. The van der Waals surface area contributed by atoms with Crippen molar-refractivity contribution >= 4 is 40.8 Å². The Morgan fingerprint density at radius 2 is 1.60 bits per heavy atom. The van der Waals surface area contributed by atoms with E-state index in [1.54, 1.807) is 11.0 Å². The van der Waals surface area contributed by atoms with Gasteiger partial charge < -0.3 is 14.9 Å². The maximum absolute atomic E-state index is 12.8. The van der Waals surface area contributed by atoms with Crippen LogP contribution in [0.15, 0.2) is 30.4 Å². The first-order chi connectivity index (χ1) is 12.0. The van der Waals surface area contributed by atoms with Gasteiger partial charge in [-0.3, -0.25) is 9.59 Å². The molecule has 1 N–H and O–H groups in total. The molecule has 1 saturated heterocycles. The van der Waals surface area contributed by atoms with Crippen LogP contribution in [0.4, 0.5) is 5.69 Å². The van der Waals surface area contributed by atoms with Crippen LogP contribution in [-0.4, -0.2) is 48.1 Å². The molecule has 2 aliphatic rings. The van der Waals surface area contributed by atoms with Gasteiger partial charge in [0.2, 0.25) is 5.91 Å². The molecule has 7 heteroatoms. The first kappa shape index (κ1) is 18.1. The summed E-state index contributed by atoms with van der Waals surface area (Å²) in [6.07, 6.45) is 4.69. The van der Waals surface area contributed by atoms with E-state index in [1.807, 2.05) is 24.3 Å². The summed E-state index contributed by atoms with van der Waals surface area (Å²) in [6, 6.07) is 5.51. The Bertz CT molecular complexity index is 700. The molecule has 0 saturated carbocycles. The van der Waals surface area contributed by atoms with Crippen LogP contribution in [0.3, 0.4) is 0 Å². The molecule has 5 nitrogen and oxygen atoms in total. The van der Waals surface area contributed by atoms with Crippen molar-refractivity contribution in [1.29, 1.82) is 0 Å². The number of carbonyl (C=O) groups is 2. The Morgan fingerprint density at radius 3 is 2.20 bits per heavy atom. The highest BCUT2D eigenvalue weighted by Crippen LogP contribution is 2.30. The van der Waals surface area contributed by atoms with Crippen molar-refractivity contribution in [3.05, 3.63) is 40.4 Å². The minimum atomic E-state index is -0.892. The number of hydrogen-bond acceptors (Lipinski definition) is 3. The summed E-state index contributed by atoms with van der Waals surface area (Å²) in [4.78, 5) is 28.1. The Hall–Kier alpha value is -1.72. The van der Waals surface area contributed by atoms with E-state index in [1.165, 1.54) is 0 Å². The lowest BCUT2D eigenvalue weighted by molar-refractivity contribution is -0.150. The lowest BCUT2D eigenvalue weighted by Gasteiger charge is -2.38. The van der Waals surface area contributed by atoms with Gasteiger partial charge in [-0.25, -0.2) is 0 Å². The SMILES string of the molecule is O=C(O)[C@H]1CC=CC[C@H]1C(=O)N1CCN(c2ccc(Cl)c(Cl)c2)CC1. The predicted molar refractivity (Wildman–Crippen MR) is 98.2 cm³/mol. The molecule has 134 valence electrons. The van der Waals surface area contributed by atoms with Gasteiger partial charge in [-0.15, -0.1) is 0 Å². The molecule has 1 aliphatic heterocycles. The zero-order chi connectivity index (χ0) is 18.0. The number of nitrogens with zero attached hydrogens (tertiary/aromatic N) is 2. The molecule has 1 aliphatic carbocycles. The number of rotatable bonds is 3. The van der Waals surface area contributed by atoms with Gasteiger partial charge in [0.05, 0.1) is 21.9 Å². The second-order valence-electron chi connectivity index (χ2n) is 6.40. The second-order valence-corrected chi connectivity index (χ2v) is 7.22. The third-order valence-corrected chi connectivity index (χ3v) is 5.67. The van der Waals surface area contributed by atoms with Crippen LogP contribution < -0.4 is 4.90 Å². The molecule has 1 aromatic rings. The number of carboxylic acids is 1. The van der Waals surface area contributed by atoms with Crippen molar-refractivity contribution in [2.24, 2.45) is 11.8 Å². The highest BCUT2D eigenvalue weighted by Gasteiger charge is 2.37. The van der Waals surface area contributed by atoms with Gasteiger partial charge in [0, 0.05) is 31.9 Å². The number of piperazine rings is 1. The molecule has 1 aromatic carbocycles. The van der Waals surface area contributed by atoms with Crippen LogP contribution >= 0.6 is 23.2 Å². The number of carboxylic acid groups (broad SMARTS) is 1. The maximum atomic E-state index is 12.8. The molecule has 0 unspecified atom stereocenters. The maximum Gasteiger partial charge on any atom is 0.307 e. The van der Waals surface area contributed by atoms with E-state index in [2.05, 4.69) is 4.90 Å². The lowest BCUT2D eigenvalue weighted by atomic mass is 9.82. The zero-order valence-electron chi connectivity index (χ0n) is 13.7. The fourth-order valence-corrected chi connectivity index (χ4v) is 3.75. The van der Waals surface area contributed by atoms with Crippen LogP contribution in [0.25, 0.3) is 0 Å². The van der Waals surface area contributed by atoms with Gasteiger partial charge in [-0.2, -0.15) is 0 Å². The third-order valence-electron chi connectivity index (χ3n) is 4.93. The number of amides is 1. The van der Waals surface area contributed by atoms with Crippen LogP contribution in [0.5, 0.6) is 0 Å². The van der Waals surface area contributed by atoms with Crippen LogP contribution in [0, 0.1) is 11.8 Å². The summed E-state index contributed by atoms with van der Waals surface area (Å²) >= 11 is 12.0. The number of allylic oxidation sites excluding steroid dienone is 2. The van der Waals surface area contributed by atoms with E-state index >= 15 is 0 Å². The number of anilines is 1. The van der Waals surface area contributed by atoms with E-state index in [0.717, 1.165) is 5.69 Å². The van der Waals surface area contributed by atoms with Crippen LogP contribution in [0.2, 0.25) is 10.0 Å². The van der Waals surface area contributed by atoms with Gasteiger partial charge in [0.25, 0.3) is 0 Å².